The molecule has 2 aromatic rings. The van der Waals surface area contributed by atoms with Gasteiger partial charge < -0.3 is 0 Å². The van der Waals surface area contributed by atoms with E-state index in [2.05, 4.69) is 5.10 Å². The van der Waals surface area contributed by atoms with Gasteiger partial charge in [-0.2, -0.15) is 18.5 Å². The molecule has 0 radical (unpaired) electrons. The summed E-state index contributed by atoms with van der Waals surface area (Å²) >= 11 is 0. The van der Waals surface area contributed by atoms with E-state index in [1.807, 2.05) is 30.3 Å². The van der Waals surface area contributed by atoms with Crippen molar-refractivity contribution in [2.45, 2.75) is 25.2 Å². The molecule has 124 valence electrons. The quantitative estimate of drug-likeness (QED) is 0.867. The van der Waals surface area contributed by atoms with Gasteiger partial charge in [-0.05, 0) is 36.6 Å². The molecule has 0 bridgehead atoms. The lowest BCUT2D eigenvalue weighted by Crippen LogP contribution is -2.23. The van der Waals surface area contributed by atoms with Crippen LogP contribution in [0.5, 0.6) is 0 Å². The summed E-state index contributed by atoms with van der Waals surface area (Å²) in [5, 5.41) is 5.37. The Kier molecular flexibility index (Phi) is 3.98. The summed E-state index contributed by atoms with van der Waals surface area (Å²) in [6.07, 6.45) is 0.0717. The second kappa shape index (κ2) is 5.85. The van der Waals surface area contributed by atoms with E-state index < -0.39 is 10.1 Å². The summed E-state index contributed by atoms with van der Waals surface area (Å²) in [7, 11) is -4.48. The Balaban J connectivity index is 2.16. The Labute approximate surface area is 140 Å². The second-order valence-electron chi connectivity index (χ2n) is 5.70. The molecule has 0 fully saturated rings. The van der Waals surface area contributed by atoms with Gasteiger partial charge in [0.15, 0.2) is 0 Å². The number of aryl methyl sites for hydroxylation is 2. The van der Waals surface area contributed by atoms with Crippen LogP contribution in [0, 0.1) is 13.8 Å². The first-order valence-corrected chi connectivity index (χ1v) is 8.76. The first kappa shape index (κ1) is 16.4. The van der Waals surface area contributed by atoms with Gasteiger partial charge in [-0.25, -0.2) is 0 Å². The number of carbonyl (C=O) groups excluding carboxylic acids is 1. The zero-order valence-electron chi connectivity index (χ0n) is 13.2. The van der Waals surface area contributed by atoms with Crippen molar-refractivity contribution < 1.29 is 17.8 Å². The number of amides is 1. The van der Waals surface area contributed by atoms with Gasteiger partial charge in [-0.15, -0.1) is 0 Å². The minimum absolute atomic E-state index is 0.0717. The standard InChI is InChI=1S/C17H16N2O4S/c1-11-8-12(2)17(15(9-11)24(21,22)23)19-16(20)10-14(18-19)13-6-4-3-5-7-13/h3-9H,10H2,1-2H3,(H,21,22,23). The van der Waals surface area contributed by atoms with Gasteiger partial charge in [0.05, 0.1) is 17.8 Å². The van der Waals surface area contributed by atoms with Crippen LogP contribution in [0.25, 0.3) is 0 Å². The van der Waals surface area contributed by atoms with Crippen LogP contribution in [0.2, 0.25) is 0 Å². The molecule has 0 unspecified atom stereocenters. The Morgan fingerprint density at radius 1 is 1.12 bits per heavy atom. The highest BCUT2D eigenvalue weighted by molar-refractivity contribution is 7.86. The second-order valence-corrected chi connectivity index (χ2v) is 7.09. The van der Waals surface area contributed by atoms with Crippen LogP contribution in [0.15, 0.2) is 52.5 Å². The number of nitrogens with zero attached hydrogens (tertiary/aromatic N) is 2. The predicted octanol–water partition coefficient (Wildman–Crippen LogP) is 2.69. The summed E-state index contributed by atoms with van der Waals surface area (Å²) in [6, 6.07) is 12.3. The van der Waals surface area contributed by atoms with E-state index in [0.29, 0.717) is 16.8 Å². The van der Waals surface area contributed by atoms with Gasteiger partial charge in [0.25, 0.3) is 16.0 Å². The summed E-state index contributed by atoms with van der Waals surface area (Å²) in [5.74, 6) is -0.342. The van der Waals surface area contributed by atoms with E-state index in [-0.39, 0.29) is 22.9 Å². The van der Waals surface area contributed by atoms with Gasteiger partial charge in [0.2, 0.25) is 0 Å². The minimum Gasteiger partial charge on any atom is -0.282 e. The number of benzene rings is 2. The topological polar surface area (TPSA) is 87.0 Å². The normalized spacial score (nSPS) is 14.9. The molecule has 1 N–H and O–H groups in total. The van der Waals surface area contributed by atoms with Gasteiger partial charge in [-0.3, -0.25) is 9.35 Å². The smallest absolute Gasteiger partial charge is 0.282 e. The summed E-state index contributed by atoms with van der Waals surface area (Å²) in [5.41, 5.74) is 2.67. The van der Waals surface area contributed by atoms with Crippen LogP contribution < -0.4 is 5.01 Å². The molecule has 0 spiro atoms. The summed E-state index contributed by atoms with van der Waals surface area (Å²) < 4.78 is 33.0. The molecule has 0 aromatic heterocycles. The van der Waals surface area contributed by atoms with Crippen molar-refractivity contribution in [3.8, 4) is 0 Å². The first-order chi connectivity index (χ1) is 11.3. The van der Waals surface area contributed by atoms with Crippen molar-refractivity contribution in [2.24, 2.45) is 5.10 Å². The van der Waals surface area contributed by atoms with Crippen molar-refractivity contribution in [2.75, 3.05) is 5.01 Å². The third-order valence-corrected chi connectivity index (χ3v) is 4.65. The number of rotatable bonds is 3. The Morgan fingerprint density at radius 3 is 2.42 bits per heavy atom. The highest BCUT2D eigenvalue weighted by Crippen LogP contribution is 2.33. The monoisotopic (exact) mass is 344 g/mol. The molecule has 1 aliphatic rings. The van der Waals surface area contributed by atoms with Crippen molar-refractivity contribution in [3.63, 3.8) is 0 Å². The Hall–Kier alpha value is -2.51. The maximum Gasteiger partial charge on any atom is 0.296 e. The van der Waals surface area contributed by atoms with E-state index in [1.54, 1.807) is 19.9 Å². The Bertz CT molecular complexity index is 950. The molecule has 1 heterocycles. The van der Waals surface area contributed by atoms with Crippen LogP contribution in [0.3, 0.4) is 0 Å². The van der Waals surface area contributed by atoms with Gasteiger partial charge in [0, 0.05) is 0 Å². The maximum absolute atomic E-state index is 12.4. The fraction of sp³-hybridized carbons (Fsp3) is 0.176. The third-order valence-electron chi connectivity index (χ3n) is 3.78. The van der Waals surface area contributed by atoms with E-state index in [4.69, 9.17) is 0 Å². The molecule has 0 saturated heterocycles. The molecule has 3 rings (SSSR count). The van der Waals surface area contributed by atoms with Crippen LogP contribution in [-0.4, -0.2) is 24.6 Å². The first-order valence-electron chi connectivity index (χ1n) is 7.32. The highest BCUT2D eigenvalue weighted by atomic mass is 32.2. The van der Waals surface area contributed by atoms with Gasteiger partial charge in [0.1, 0.15) is 4.90 Å². The lowest BCUT2D eigenvalue weighted by atomic mass is 10.1. The van der Waals surface area contributed by atoms with E-state index >= 15 is 0 Å². The molecule has 7 heteroatoms. The van der Waals surface area contributed by atoms with Crippen molar-refractivity contribution in [1.29, 1.82) is 0 Å². The molecular formula is C17H16N2O4S. The molecule has 24 heavy (non-hydrogen) atoms. The molecule has 0 atom stereocenters. The highest BCUT2D eigenvalue weighted by Gasteiger charge is 2.31. The third kappa shape index (κ3) is 2.95. The number of anilines is 1. The molecule has 1 amide bonds. The SMILES string of the molecule is Cc1cc(C)c(N2N=C(c3ccccc3)CC2=O)c(S(=O)(=O)O)c1. The number of carbonyl (C=O) groups is 1. The molecule has 0 aliphatic carbocycles. The van der Waals surface area contributed by atoms with E-state index in [9.17, 15) is 17.8 Å². The summed E-state index contributed by atoms with van der Waals surface area (Å²) in [6.45, 7) is 3.40. The molecule has 2 aromatic carbocycles. The molecule has 1 aliphatic heterocycles. The van der Waals surface area contributed by atoms with Crippen LogP contribution in [0.4, 0.5) is 5.69 Å². The molecular weight excluding hydrogens is 328 g/mol. The van der Waals surface area contributed by atoms with Gasteiger partial charge >= 0.3 is 0 Å². The zero-order valence-corrected chi connectivity index (χ0v) is 14.0. The van der Waals surface area contributed by atoms with Gasteiger partial charge in [-0.1, -0.05) is 36.4 Å². The minimum atomic E-state index is -4.48. The fourth-order valence-electron chi connectivity index (χ4n) is 2.78. The summed E-state index contributed by atoms with van der Waals surface area (Å²) in [4.78, 5) is 12.1. The van der Waals surface area contributed by atoms with Crippen molar-refractivity contribution in [3.05, 3.63) is 59.2 Å². The average molecular weight is 344 g/mol. The predicted molar refractivity (Wildman–Crippen MR) is 90.8 cm³/mol. The van der Waals surface area contributed by atoms with E-state index in [0.717, 1.165) is 10.6 Å². The lowest BCUT2D eigenvalue weighted by molar-refractivity contribution is -0.116. The van der Waals surface area contributed by atoms with Crippen molar-refractivity contribution >= 4 is 27.4 Å². The maximum atomic E-state index is 12.4. The number of hydrogen-bond donors (Lipinski definition) is 1. The lowest BCUT2D eigenvalue weighted by Gasteiger charge is -2.18. The fourth-order valence-corrected chi connectivity index (χ4v) is 3.61. The number of hydrogen-bond acceptors (Lipinski definition) is 4. The Morgan fingerprint density at radius 2 is 1.79 bits per heavy atom. The van der Waals surface area contributed by atoms with E-state index in [1.165, 1.54) is 6.07 Å². The van der Waals surface area contributed by atoms with Crippen LogP contribution in [0.1, 0.15) is 23.1 Å². The largest absolute Gasteiger partial charge is 0.296 e. The molecule has 6 nitrogen and oxygen atoms in total. The zero-order chi connectivity index (χ0) is 17.5. The number of hydrazone groups is 1. The molecule has 0 saturated carbocycles. The average Bonchev–Trinajstić information content (AvgIpc) is 2.88. The van der Waals surface area contributed by atoms with Crippen molar-refractivity contribution in [1.82, 2.24) is 0 Å². The van der Waals surface area contributed by atoms with Crippen LogP contribution >= 0.6 is 0 Å². The van der Waals surface area contributed by atoms with Crippen LogP contribution in [-0.2, 0) is 14.9 Å².